The monoisotopic (exact) mass is 272 g/mol. The van der Waals surface area contributed by atoms with Gasteiger partial charge in [-0.15, -0.1) is 0 Å². The average Bonchev–Trinajstić information content (AvgIpc) is 3.01. The van der Waals surface area contributed by atoms with Gasteiger partial charge in [0.05, 0.1) is 37.5 Å². The molecule has 0 radical (unpaired) electrons. The maximum Gasteiger partial charge on any atom is 0.0946 e. The molecule has 106 valence electrons. The van der Waals surface area contributed by atoms with Gasteiger partial charge in [0.25, 0.3) is 0 Å². The van der Waals surface area contributed by atoms with Gasteiger partial charge in [0, 0.05) is 31.2 Å². The van der Waals surface area contributed by atoms with Crippen molar-refractivity contribution < 1.29 is 4.74 Å². The molecule has 0 aliphatic carbocycles. The van der Waals surface area contributed by atoms with Crippen LogP contribution in [0.15, 0.2) is 37.1 Å². The van der Waals surface area contributed by atoms with E-state index in [1.54, 1.807) is 6.20 Å². The molecule has 0 saturated carbocycles. The Balaban J connectivity index is 1.64. The minimum absolute atomic E-state index is 0.198. The summed E-state index contributed by atoms with van der Waals surface area (Å²) in [5, 5.41) is 0. The van der Waals surface area contributed by atoms with Crippen LogP contribution in [-0.2, 0) is 17.7 Å². The minimum atomic E-state index is 0.198. The summed E-state index contributed by atoms with van der Waals surface area (Å²) in [5.41, 5.74) is 2.32. The smallest absolute Gasteiger partial charge is 0.0946 e. The number of nitrogens with zero attached hydrogens (tertiary/aromatic N) is 4. The lowest BCUT2D eigenvalue weighted by Crippen LogP contribution is -2.44. The van der Waals surface area contributed by atoms with Crippen LogP contribution >= 0.6 is 0 Å². The summed E-state index contributed by atoms with van der Waals surface area (Å²) in [7, 11) is 0. The van der Waals surface area contributed by atoms with Crippen molar-refractivity contribution in [3.8, 4) is 0 Å². The molecule has 0 amide bonds. The molecule has 0 bridgehead atoms. The number of rotatable bonds is 4. The van der Waals surface area contributed by atoms with Crippen molar-refractivity contribution in [3.05, 3.63) is 42.7 Å². The molecule has 2 aromatic heterocycles. The van der Waals surface area contributed by atoms with Crippen LogP contribution in [0.1, 0.15) is 12.6 Å². The lowest BCUT2D eigenvalue weighted by Gasteiger charge is -2.34. The van der Waals surface area contributed by atoms with Gasteiger partial charge in [0.15, 0.2) is 0 Å². The Morgan fingerprint density at radius 3 is 3.05 bits per heavy atom. The maximum atomic E-state index is 5.84. The average molecular weight is 272 g/mol. The van der Waals surface area contributed by atoms with Crippen LogP contribution in [0.4, 0.5) is 5.69 Å². The van der Waals surface area contributed by atoms with Crippen molar-refractivity contribution in [2.45, 2.75) is 26.0 Å². The highest BCUT2D eigenvalue weighted by molar-refractivity contribution is 5.45. The molecular formula is C15H20N4O. The van der Waals surface area contributed by atoms with Crippen LogP contribution in [0.3, 0.4) is 0 Å². The summed E-state index contributed by atoms with van der Waals surface area (Å²) in [6.07, 6.45) is 8.75. The first-order valence-electron chi connectivity index (χ1n) is 7.12. The molecule has 1 atom stereocenters. The highest BCUT2D eigenvalue weighted by atomic mass is 16.5. The second-order valence-electron chi connectivity index (χ2n) is 5.06. The maximum absolute atomic E-state index is 5.84. The van der Waals surface area contributed by atoms with Crippen molar-refractivity contribution in [3.63, 3.8) is 0 Å². The van der Waals surface area contributed by atoms with Crippen molar-refractivity contribution in [1.29, 1.82) is 0 Å². The topological polar surface area (TPSA) is 43.2 Å². The van der Waals surface area contributed by atoms with E-state index >= 15 is 0 Å². The summed E-state index contributed by atoms with van der Waals surface area (Å²) in [6, 6.07) is 4.26. The van der Waals surface area contributed by atoms with Crippen LogP contribution in [0.2, 0.25) is 0 Å². The van der Waals surface area contributed by atoms with E-state index in [1.165, 1.54) is 5.69 Å². The highest BCUT2D eigenvalue weighted by Gasteiger charge is 2.21. The third-order valence-electron chi connectivity index (χ3n) is 3.65. The SMILES string of the molecule is CCc1ccc(N2CCO[C@@H](Cn3ccnc3)C2)cn1. The van der Waals surface area contributed by atoms with Gasteiger partial charge in [-0.3, -0.25) is 4.98 Å². The predicted molar refractivity (Wildman–Crippen MR) is 77.8 cm³/mol. The van der Waals surface area contributed by atoms with E-state index in [9.17, 15) is 0 Å². The quantitative estimate of drug-likeness (QED) is 0.850. The Bertz CT molecular complexity index is 523. The van der Waals surface area contributed by atoms with Gasteiger partial charge in [-0.25, -0.2) is 4.98 Å². The Kier molecular flexibility index (Phi) is 3.97. The van der Waals surface area contributed by atoms with E-state index in [-0.39, 0.29) is 6.10 Å². The molecular weight excluding hydrogens is 252 g/mol. The number of morpholine rings is 1. The standard InChI is InChI=1S/C15H20N4O/c1-2-13-3-4-14(9-17-13)19-7-8-20-15(11-19)10-18-6-5-16-12-18/h3-6,9,12,15H,2,7-8,10-11H2,1H3/t15-/m0/s1. The normalized spacial score (nSPS) is 19.2. The summed E-state index contributed by atoms with van der Waals surface area (Å²) >= 11 is 0. The van der Waals surface area contributed by atoms with Crippen LogP contribution in [0.25, 0.3) is 0 Å². The van der Waals surface area contributed by atoms with Gasteiger partial charge >= 0.3 is 0 Å². The first-order valence-corrected chi connectivity index (χ1v) is 7.12. The van der Waals surface area contributed by atoms with Gasteiger partial charge in [0.1, 0.15) is 0 Å². The largest absolute Gasteiger partial charge is 0.373 e. The Hall–Kier alpha value is -1.88. The molecule has 3 rings (SSSR count). The molecule has 2 aromatic rings. The van der Waals surface area contributed by atoms with E-state index in [1.807, 2.05) is 18.7 Å². The van der Waals surface area contributed by atoms with E-state index in [4.69, 9.17) is 4.74 Å². The molecule has 5 heteroatoms. The fourth-order valence-electron chi connectivity index (χ4n) is 2.51. The van der Waals surface area contributed by atoms with E-state index in [0.29, 0.717) is 0 Å². The molecule has 0 spiro atoms. The van der Waals surface area contributed by atoms with Gasteiger partial charge in [0.2, 0.25) is 0 Å². The van der Waals surface area contributed by atoms with Crippen LogP contribution < -0.4 is 4.90 Å². The predicted octanol–water partition coefficient (Wildman–Crippen LogP) is 1.75. The zero-order chi connectivity index (χ0) is 13.8. The van der Waals surface area contributed by atoms with Crippen molar-refractivity contribution in [2.24, 2.45) is 0 Å². The number of ether oxygens (including phenoxy) is 1. The minimum Gasteiger partial charge on any atom is -0.373 e. The summed E-state index contributed by atoms with van der Waals surface area (Å²) in [6.45, 7) is 5.54. The van der Waals surface area contributed by atoms with E-state index in [0.717, 1.165) is 38.4 Å². The number of hydrogen-bond acceptors (Lipinski definition) is 4. The zero-order valence-electron chi connectivity index (χ0n) is 11.8. The highest BCUT2D eigenvalue weighted by Crippen LogP contribution is 2.18. The second kappa shape index (κ2) is 6.05. The number of aryl methyl sites for hydroxylation is 1. The summed E-state index contributed by atoms with van der Waals surface area (Å²) < 4.78 is 7.90. The van der Waals surface area contributed by atoms with Crippen molar-refractivity contribution in [1.82, 2.24) is 14.5 Å². The first kappa shape index (κ1) is 13.1. The third-order valence-corrected chi connectivity index (χ3v) is 3.65. The molecule has 1 aliphatic heterocycles. The number of anilines is 1. The number of aromatic nitrogens is 3. The van der Waals surface area contributed by atoms with Crippen LogP contribution in [0, 0.1) is 0 Å². The molecule has 1 aliphatic rings. The molecule has 3 heterocycles. The van der Waals surface area contributed by atoms with Gasteiger partial charge < -0.3 is 14.2 Å². The fraction of sp³-hybridized carbons (Fsp3) is 0.467. The lowest BCUT2D eigenvalue weighted by molar-refractivity contribution is 0.0296. The summed E-state index contributed by atoms with van der Waals surface area (Å²) in [4.78, 5) is 10.9. The van der Waals surface area contributed by atoms with Gasteiger partial charge in [-0.1, -0.05) is 6.92 Å². The Morgan fingerprint density at radius 2 is 2.35 bits per heavy atom. The Labute approximate surface area is 119 Å². The third kappa shape index (κ3) is 2.99. The molecule has 0 N–H and O–H groups in total. The molecule has 20 heavy (non-hydrogen) atoms. The molecule has 0 unspecified atom stereocenters. The van der Waals surface area contributed by atoms with Crippen molar-refractivity contribution in [2.75, 3.05) is 24.6 Å². The fourth-order valence-corrected chi connectivity index (χ4v) is 2.51. The molecule has 1 fully saturated rings. The summed E-state index contributed by atoms with van der Waals surface area (Å²) in [5.74, 6) is 0. The number of pyridine rings is 1. The van der Waals surface area contributed by atoms with Crippen LogP contribution in [-0.4, -0.2) is 40.3 Å². The van der Waals surface area contributed by atoms with Gasteiger partial charge in [-0.05, 0) is 18.6 Å². The Morgan fingerprint density at radius 1 is 1.40 bits per heavy atom. The second-order valence-corrected chi connectivity index (χ2v) is 5.06. The van der Waals surface area contributed by atoms with Gasteiger partial charge in [-0.2, -0.15) is 0 Å². The number of imidazole rings is 1. The molecule has 1 saturated heterocycles. The van der Waals surface area contributed by atoms with E-state index in [2.05, 4.69) is 38.5 Å². The van der Waals surface area contributed by atoms with E-state index < -0.39 is 0 Å². The zero-order valence-corrected chi connectivity index (χ0v) is 11.8. The molecule has 5 nitrogen and oxygen atoms in total. The number of hydrogen-bond donors (Lipinski definition) is 0. The van der Waals surface area contributed by atoms with Crippen LogP contribution in [0.5, 0.6) is 0 Å². The van der Waals surface area contributed by atoms with Crippen molar-refractivity contribution >= 4 is 5.69 Å². The molecule has 0 aromatic carbocycles. The first-order chi connectivity index (χ1) is 9.85. The lowest BCUT2D eigenvalue weighted by atomic mass is 10.2.